The zero-order valence-electron chi connectivity index (χ0n) is 15.8. The maximum atomic E-state index is 12.1. The molecule has 5 heteroatoms. The highest BCUT2D eigenvalue weighted by molar-refractivity contribution is 8.00. The van der Waals surface area contributed by atoms with E-state index in [1.807, 2.05) is 30.3 Å². The van der Waals surface area contributed by atoms with Gasteiger partial charge in [0.25, 0.3) is 0 Å². The van der Waals surface area contributed by atoms with Gasteiger partial charge in [0.1, 0.15) is 6.10 Å². The Kier molecular flexibility index (Phi) is 12.4. The molecule has 0 heterocycles. The van der Waals surface area contributed by atoms with Crippen molar-refractivity contribution >= 4 is 23.7 Å². The Hall–Kier alpha value is -1.75. The van der Waals surface area contributed by atoms with Crippen LogP contribution in [0.4, 0.5) is 0 Å². The average Bonchev–Trinajstić information content (AvgIpc) is 2.67. The molecule has 0 aliphatic heterocycles. The smallest absolute Gasteiger partial charge is 0.330 e. The summed E-state index contributed by atoms with van der Waals surface area (Å²) in [6, 6.07) is 9.74. The molecule has 4 nitrogen and oxygen atoms in total. The topological polar surface area (TPSA) is 52.6 Å². The summed E-state index contributed by atoms with van der Waals surface area (Å²) in [6.07, 6.45) is 10.3. The third-order valence-electron chi connectivity index (χ3n) is 3.87. The number of ether oxygens (including phenoxy) is 2. The standard InChI is InChI=1S/C21H30O4S/c1-3-4-5-6-7-9-12-18(15-16-20(22)24-2)25-21(23)17-26-19-13-10-8-11-14-19/h8,10-11,13-16,18H,3-7,9,12,17H2,1-2H3/b16-15+/t18-/m1/s1. The fraction of sp³-hybridized carbons (Fsp3) is 0.524. The third kappa shape index (κ3) is 11.0. The predicted octanol–water partition coefficient (Wildman–Crippen LogP) is 5.17. The van der Waals surface area contributed by atoms with Crippen LogP contribution >= 0.6 is 11.8 Å². The van der Waals surface area contributed by atoms with Gasteiger partial charge in [-0.2, -0.15) is 0 Å². The van der Waals surface area contributed by atoms with Crippen LogP contribution in [0.2, 0.25) is 0 Å². The first kappa shape index (κ1) is 22.3. The highest BCUT2D eigenvalue weighted by Gasteiger charge is 2.12. The van der Waals surface area contributed by atoms with Crippen LogP contribution in [-0.4, -0.2) is 30.9 Å². The van der Waals surface area contributed by atoms with E-state index in [0.29, 0.717) is 0 Å². The van der Waals surface area contributed by atoms with Crippen molar-refractivity contribution in [1.29, 1.82) is 0 Å². The van der Waals surface area contributed by atoms with Crippen molar-refractivity contribution in [2.45, 2.75) is 62.9 Å². The molecule has 0 amide bonds. The van der Waals surface area contributed by atoms with Crippen molar-refractivity contribution in [3.05, 3.63) is 42.5 Å². The van der Waals surface area contributed by atoms with Gasteiger partial charge in [0, 0.05) is 11.0 Å². The lowest BCUT2D eigenvalue weighted by atomic mass is 10.1. The van der Waals surface area contributed by atoms with E-state index in [1.54, 1.807) is 6.08 Å². The van der Waals surface area contributed by atoms with Crippen LogP contribution in [0.25, 0.3) is 0 Å². The Morgan fingerprint density at radius 2 is 1.77 bits per heavy atom. The minimum atomic E-state index is -0.437. The van der Waals surface area contributed by atoms with Crippen LogP contribution in [0.15, 0.2) is 47.4 Å². The van der Waals surface area contributed by atoms with E-state index < -0.39 is 5.97 Å². The van der Waals surface area contributed by atoms with Crippen molar-refractivity contribution in [1.82, 2.24) is 0 Å². The summed E-state index contributed by atoms with van der Waals surface area (Å²) in [5.41, 5.74) is 0. The van der Waals surface area contributed by atoms with E-state index in [2.05, 4.69) is 11.7 Å². The zero-order chi connectivity index (χ0) is 19.0. The summed E-state index contributed by atoms with van der Waals surface area (Å²) in [5, 5.41) is 0. The van der Waals surface area contributed by atoms with Crippen molar-refractivity contribution in [2.75, 3.05) is 12.9 Å². The van der Waals surface area contributed by atoms with E-state index in [9.17, 15) is 9.59 Å². The first-order valence-corrected chi connectivity index (χ1v) is 10.3. The van der Waals surface area contributed by atoms with Gasteiger partial charge in [-0.3, -0.25) is 4.79 Å². The molecule has 0 saturated carbocycles. The lowest BCUT2D eigenvalue weighted by molar-refractivity contribution is -0.144. The number of thioether (sulfide) groups is 1. The fourth-order valence-corrected chi connectivity index (χ4v) is 3.14. The highest BCUT2D eigenvalue weighted by atomic mass is 32.2. The van der Waals surface area contributed by atoms with Gasteiger partial charge in [-0.25, -0.2) is 4.79 Å². The number of carbonyl (C=O) groups is 2. The molecule has 0 aliphatic rings. The van der Waals surface area contributed by atoms with E-state index in [-0.39, 0.29) is 17.8 Å². The molecule has 0 N–H and O–H groups in total. The van der Waals surface area contributed by atoms with Crippen LogP contribution in [0, 0.1) is 0 Å². The highest BCUT2D eigenvalue weighted by Crippen LogP contribution is 2.18. The van der Waals surface area contributed by atoms with Crippen molar-refractivity contribution < 1.29 is 19.1 Å². The van der Waals surface area contributed by atoms with Crippen LogP contribution in [0.1, 0.15) is 51.9 Å². The van der Waals surface area contributed by atoms with Gasteiger partial charge in [0.2, 0.25) is 0 Å². The van der Waals surface area contributed by atoms with E-state index >= 15 is 0 Å². The molecular weight excluding hydrogens is 348 g/mol. The quantitative estimate of drug-likeness (QED) is 0.205. The number of hydrogen-bond acceptors (Lipinski definition) is 5. The molecule has 0 aromatic heterocycles. The van der Waals surface area contributed by atoms with E-state index in [4.69, 9.17) is 4.74 Å². The van der Waals surface area contributed by atoms with Crippen LogP contribution in [0.3, 0.4) is 0 Å². The minimum Gasteiger partial charge on any atom is -0.466 e. The summed E-state index contributed by atoms with van der Waals surface area (Å²) in [6.45, 7) is 2.19. The fourth-order valence-electron chi connectivity index (χ4n) is 2.44. The molecule has 144 valence electrons. The van der Waals surface area contributed by atoms with Gasteiger partial charge in [0.15, 0.2) is 0 Å². The molecular formula is C21H30O4S. The molecule has 0 aliphatic carbocycles. The Morgan fingerprint density at radius 3 is 2.46 bits per heavy atom. The second-order valence-corrected chi connectivity index (χ2v) is 7.12. The maximum absolute atomic E-state index is 12.1. The van der Waals surface area contributed by atoms with Crippen LogP contribution in [-0.2, 0) is 19.1 Å². The molecule has 0 radical (unpaired) electrons. The minimum absolute atomic E-state index is 0.253. The molecule has 0 saturated heterocycles. The van der Waals surface area contributed by atoms with Gasteiger partial charge in [0.05, 0.1) is 12.9 Å². The summed E-state index contributed by atoms with van der Waals surface area (Å²) in [5.74, 6) is -0.458. The zero-order valence-corrected chi connectivity index (χ0v) is 16.6. The lowest BCUT2D eigenvalue weighted by Crippen LogP contribution is -2.18. The molecule has 1 rings (SSSR count). The Labute approximate surface area is 161 Å². The van der Waals surface area contributed by atoms with Gasteiger partial charge in [-0.05, 0) is 31.1 Å². The summed E-state index contributed by atoms with van der Waals surface area (Å²) >= 11 is 1.45. The summed E-state index contributed by atoms with van der Waals surface area (Å²) in [7, 11) is 1.33. The molecule has 1 aromatic rings. The van der Waals surface area contributed by atoms with Crippen LogP contribution in [0.5, 0.6) is 0 Å². The number of benzene rings is 1. The lowest BCUT2D eigenvalue weighted by Gasteiger charge is -2.14. The van der Waals surface area contributed by atoms with Crippen LogP contribution < -0.4 is 0 Å². The van der Waals surface area contributed by atoms with E-state index in [0.717, 1.165) is 24.2 Å². The predicted molar refractivity (Wildman–Crippen MR) is 106 cm³/mol. The number of carbonyl (C=O) groups excluding carboxylic acids is 2. The Morgan fingerprint density at radius 1 is 1.08 bits per heavy atom. The number of methoxy groups -OCH3 is 1. The second kappa shape index (κ2) is 14.4. The first-order chi connectivity index (χ1) is 12.7. The Bertz CT molecular complexity index is 542. The monoisotopic (exact) mass is 378 g/mol. The number of esters is 2. The molecule has 0 fully saturated rings. The first-order valence-electron chi connectivity index (χ1n) is 9.29. The van der Waals surface area contributed by atoms with Gasteiger partial charge >= 0.3 is 11.9 Å². The largest absolute Gasteiger partial charge is 0.466 e. The normalized spacial score (nSPS) is 12.1. The molecule has 0 bridgehead atoms. The Balaban J connectivity index is 2.42. The van der Waals surface area contributed by atoms with Gasteiger partial charge < -0.3 is 9.47 Å². The van der Waals surface area contributed by atoms with Crippen molar-refractivity contribution in [2.24, 2.45) is 0 Å². The number of rotatable bonds is 13. The summed E-state index contributed by atoms with van der Waals surface area (Å²) in [4.78, 5) is 24.5. The number of hydrogen-bond donors (Lipinski definition) is 0. The maximum Gasteiger partial charge on any atom is 0.330 e. The molecule has 0 unspecified atom stereocenters. The molecule has 0 spiro atoms. The van der Waals surface area contributed by atoms with Crippen molar-refractivity contribution in [3.63, 3.8) is 0 Å². The third-order valence-corrected chi connectivity index (χ3v) is 4.86. The molecule has 1 aromatic carbocycles. The molecule has 26 heavy (non-hydrogen) atoms. The summed E-state index contributed by atoms with van der Waals surface area (Å²) < 4.78 is 10.2. The number of unbranched alkanes of at least 4 members (excludes halogenated alkanes) is 5. The average molecular weight is 379 g/mol. The van der Waals surface area contributed by atoms with E-state index in [1.165, 1.54) is 50.6 Å². The van der Waals surface area contributed by atoms with Gasteiger partial charge in [-0.15, -0.1) is 11.8 Å². The SMILES string of the molecule is CCCCCCCC[C@H](/C=C/C(=O)OC)OC(=O)CSc1ccccc1. The van der Waals surface area contributed by atoms with Crippen molar-refractivity contribution in [3.8, 4) is 0 Å². The van der Waals surface area contributed by atoms with Gasteiger partial charge in [-0.1, -0.05) is 57.2 Å². The molecule has 1 atom stereocenters. The second-order valence-electron chi connectivity index (χ2n) is 6.07.